The fourth-order valence-electron chi connectivity index (χ4n) is 5.54. The van der Waals surface area contributed by atoms with Crippen LogP contribution in [-0.2, 0) is 0 Å². The Hall–Kier alpha value is -1.51. The average molecular weight is 360 g/mol. The summed E-state index contributed by atoms with van der Waals surface area (Å²) in [4.78, 5) is 0. The third-order valence-electron chi connectivity index (χ3n) is 6.89. The van der Waals surface area contributed by atoms with Crippen LogP contribution in [-0.4, -0.2) is 0 Å². The minimum atomic E-state index is -1.38. The Balaban J connectivity index is 1.53. The molecule has 0 aliphatic heterocycles. The van der Waals surface area contributed by atoms with Crippen LogP contribution in [0.1, 0.15) is 69.8 Å². The van der Waals surface area contributed by atoms with Gasteiger partial charge < -0.3 is 0 Å². The maximum absolute atomic E-state index is 13.9. The molecule has 2 aromatic rings. The van der Waals surface area contributed by atoms with Crippen molar-refractivity contribution in [2.45, 2.75) is 64.2 Å². The van der Waals surface area contributed by atoms with E-state index in [-0.39, 0.29) is 5.39 Å². The van der Waals surface area contributed by atoms with Gasteiger partial charge in [0, 0.05) is 5.39 Å². The van der Waals surface area contributed by atoms with Gasteiger partial charge in [-0.05, 0) is 72.8 Å². The van der Waals surface area contributed by atoms with Gasteiger partial charge in [0.05, 0.1) is 0 Å². The summed E-state index contributed by atoms with van der Waals surface area (Å²) in [7, 11) is 0. The van der Waals surface area contributed by atoms with E-state index < -0.39 is 17.5 Å². The highest BCUT2D eigenvalue weighted by Crippen LogP contribution is 2.48. The van der Waals surface area contributed by atoms with E-state index in [0.29, 0.717) is 11.3 Å². The Labute approximate surface area is 153 Å². The topological polar surface area (TPSA) is 0 Å². The smallest absolute Gasteiger partial charge is 0.195 e. The van der Waals surface area contributed by atoms with E-state index in [1.54, 1.807) is 6.07 Å². The summed E-state index contributed by atoms with van der Waals surface area (Å²) in [5.41, 5.74) is 1.15. The van der Waals surface area contributed by atoms with Crippen molar-refractivity contribution in [2.24, 2.45) is 17.8 Å². The first kappa shape index (κ1) is 17.9. The van der Waals surface area contributed by atoms with Crippen LogP contribution >= 0.6 is 0 Å². The molecule has 3 heteroatoms. The fraction of sp³-hybridized carbons (Fsp3) is 0.565. The Kier molecular flexibility index (Phi) is 4.98. The van der Waals surface area contributed by atoms with Crippen molar-refractivity contribution in [3.8, 4) is 0 Å². The monoisotopic (exact) mass is 360 g/mol. The standard InChI is InChI=1S/C23H27F3/c1-2-3-14-4-5-16-11-17(7-6-15(16)10-14)18-8-9-20-19(12-18)13-21(24)23(26)22(20)25/h8-9,12-17H,2-7,10-11H2,1H3. The number of hydrogen-bond acceptors (Lipinski definition) is 0. The number of fused-ring (bicyclic) bond motifs is 2. The predicted molar refractivity (Wildman–Crippen MR) is 99.6 cm³/mol. The zero-order valence-corrected chi connectivity index (χ0v) is 15.4. The third kappa shape index (κ3) is 3.25. The Morgan fingerprint density at radius 2 is 1.65 bits per heavy atom. The molecular formula is C23H27F3. The van der Waals surface area contributed by atoms with E-state index in [1.807, 2.05) is 12.1 Å². The molecule has 0 spiro atoms. The lowest BCUT2D eigenvalue weighted by atomic mass is 9.63. The van der Waals surface area contributed by atoms with Crippen LogP contribution in [0.5, 0.6) is 0 Å². The van der Waals surface area contributed by atoms with E-state index >= 15 is 0 Å². The van der Waals surface area contributed by atoms with E-state index in [9.17, 15) is 13.2 Å². The van der Waals surface area contributed by atoms with Gasteiger partial charge in [-0.2, -0.15) is 0 Å². The molecule has 0 radical (unpaired) electrons. The first-order valence-corrected chi connectivity index (χ1v) is 10.1. The van der Waals surface area contributed by atoms with Crippen molar-refractivity contribution in [2.75, 3.05) is 0 Å². The molecule has 0 aromatic heterocycles. The van der Waals surface area contributed by atoms with Gasteiger partial charge in [0.15, 0.2) is 17.5 Å². The fourth-order valence-corrected chi connectivity index (χ4v) is 5.54. The molecular weight excluding hydrogens is 333 g/mol. The largest absolute Gasteiger partial charge is 0.204 e. The summed E-state index contributed by atoms with van der Waals surface area (Å²) >= 11 is 0. The quantitative estimate of drug-likeness (QED) is 0.502. The molecule has 26 heavy (non-hydrogen) atoms. The van der Waals surface area contributed by atoms with Crippen LogP contribution in [0.3, 0.4) is 0 Å². The highest BCUT2D eigenvalue weighted by molar-refractivity contribution is 5.84. The summed E-state index contributed by atoms with van der Waals surface area (Å²) < 4.78 is 41.0. The van der Waals surface area contributed by atoms with Crippen molar-refractivity contribution >= 4 is 10.8 Å². The van der Waals surface area contributed by atoms with Gasteiger partial charge in [-0.25, -0.2) is 13.2 Å². The van der Waals surface area contributed by atoms with Gasteiger partial charge in [-0.1, -0.05) is 44.4 Å². The number of benzene rings is 2. The highest BCUT2D eigenvalue weighted by atomic mass is 19.2. The van der Waals surface area contributed by atoms with Gasteiger partial charge in [0.1, 0.15) is 0 Å². The lowest BCUT2D eigenvalue weighted by Gasteiger charge is -2.42. The first-order chi connectivity index (χ1) is 12.6. The van der Waals surface area contributed by atoms with Crippen molar-refractivity contribution in [3.63, 3.8) is 0 Å². The van der Waals surface area contributed by atoms with Crippen molar-refractivity contribution in [1.29, 1.82) is 0 Å². The van der Waals surface area contributed by atoms with Crippen molar-refractivity contribution < 1.29 is 13.2 Å². The second-order valence-electron chi connectivity index (χ2n) is 8.46. The Bertz CT molecular complexity index is 798. The van der Waals surface area contributed by atoms with Crippen LogP contribution in [0.4, 0.5) is 13.2 Å². The highest BCUT2D eigenvalue weighted by Gasteiger charge is 2.35. The summed E-state index contributed by atoms with van der Waals surface area (Å²) in [5, 5.41) is 0.633. The van der Waals surface area contributed by atoms with Crippen LogP contribution in [0, 0.1) is 35.2 Å². The maximum Gasteiger partial charge on any atom is 0.195 e. The van der Waals surface area contributed by atoms with Gasteiger partial charge >= 0.3 is 0 Å². The third-order valence-corrected chi connectivity index (χ3v) is 6.89. The second-order valence-corrected chi connectivity index (χ2v) is 8.46. The molecule has 4 rings (SSSR count). The summed E-state index contributed by atoms with van der Waals surface area (Å²) in [6.45, 7) is 2.28. The predicted octanol–water partition coefficient (Wildman–Crippen LogP) is 7.36. The molecule has 0 N–H and O–H groups in total. The van der Waals surface area contributed by atoms with Gasteiger partial charge in [0.25, 0.3) is 0 Å². The summed E-state index contributed by atoms with van der Waals surface area (Å²) in [6, 6.07) is 6.52. The molecule has 0 nitrogen and oxygen atoms in total. The molecule has 0 amide bonds. The molecule has 0 saturated heterocycles. The molecule has 2 saturated carbocycles. The van der Waals surface area contributed by atoms with E-state index in [4.69, 9.17) is 0 Å². The molecule has 0 heterocycles. The maximum atomic E-state index is 13.9. The van der Waals surface area contributed by atoms with Gasteiger partial charge in [0.2, 0.25) is 0 Å². The molecule has 2 aliphatic carbocycles. The lowest BCUT2D eigenvalue weighted by molar-refractivity contribution is 0.114. The molecule has 2 aromatic carbocycles. The van der Waals surface area contributed by atoms with Crippen LogP contribution in [0.2, 0.25) is 0 Å². The van der Waals surface area contributed by atoms with Crippen LogP contribution in [0.15, 0.2) is 24.3 Å². The van der Waals surface area contributed by atoms with E-state index in [0.717, 1.165) is 35.8 Å². The Morgan fingerprint density at radius 3 is 2.46 bits per heavy atom. The molecule has 0 bridgehead atoms. The molecule has 140 valence electrons. The summed E-state index contributed by atoms with van der Waals surface area (Å²) in [5.74, 6) is -0.539. The SMILES string of the molecule is CCCC1CCC2CC(c3ccc4c(F)c(F)c(F)cc4c3)CCC2C1. The normalized spacial score (nSPS) is 28.9. The van der Waals surface area contributed by atoms with E-state index in [2.05, 4.69) is 6.92 Å². The van der Waals surface area contributed by atoms with Crippen molar-refractivity contribution in [3.05, 3.63) is 47.3 Å². The zero-order valence-electron chi connectivity index (χ0n) is 15.4. The molecule has 4 atom stereocenters. The number of halogens is 3. The minimum absolute atomic E-state index is 0.168. The van der Waals surface area contributed by atoms with E-state index in [1.165, 1.54) is 44.9 Å². The zero-order chi connectivity index (χ0) is 18.3. The van der Waals surface area contributed by atoms with Gasteiger partial charge in [-0.15, -0.1) is 0 Å². The van der Waals surface area contributed by atoms with Gasteiger partial charge in [-0.3, -0.25) is 0 Å². The van der Waals surface area contributed by atoms with Crippen LogP contribution in [0.25, 0.3) is 10.8 Å². The second kappa shape index (κ2) is 7.25. The number of hydrogen-bond donors (Lipinski definition) is 0. The number of rotatable bonds is 3. The minimum Gasteiger partial charge on any atom is -0.204 e. The molecule has 4 unspecified atom stereocenters. The molecule has 2 aliphatic rings. The van der Waals surface area contributed by atoms with Crippen LogP contribution < -0.4 is 0 Å². The summed E-state index contributed by atoms with van der Waals surface area (Å²) in [6.07, 6.45) is 10.3. The lowest BCUT2D eigenvalue weighted by Crippen LogP contribution is -2.30. The molecule has 2 fully saturated rings. The average Bonchev–Trinajstić information content (AvgIpc) is 2.65. The Morgan fingerprint density at radius 1 is 0.885 bits per heavy atom. The van der Waals surface area contributed by atoms with Crippen molar-refractivity contribution in [1.82, 2.24) is 0 Å². The first-order valence-electron chi connectivity index (χ1n) is 10.1.